The zero-order valence-electron chi connectivity index (χ0n) is 20.4. The van der Waals surface area contributed by atoms with Crippen LogP contribution in [0.3, 0.4) is 0 Å². The number of hydrogen-bond acceptors (Lipinski definition) is 7. The number of carbonyl (C=O) groups is 6. The van der Waals surface area contributed by atoms with E-state index in [-0.39, 0.29) is 32.2 Å². The van der Waals surface area contributed by atoms with E-state index in [2.05, 4.69) is 5.32 Å². The highest BCUT2D eigenvalue weighted by molar-refractivity contribution is 5.83. The molecular formula is C22H37N3O10. The van der Waals surface area contributed by atoms with Gasteiger partial charge in [-0.3, -0.25) is 33.7 Å². The molecule has 0 saturated carbocycles. The number of nitrogens with zero attached hydrogens (tertiary/aromatic N) is 1. The second-order valence-corrected chi connectivity index (χ2v) is 9.16. The third-order valence-corrected chi connectivity index (χ3v) is 5.78. The number of unbranched alkanes of at least 4 members (excludes halogenated alkanes) is 1. The van der Waals surface area contributed by atoms with Gasteiger partial charge in [0.2, 0.25) is 11.8 Å². The van der Waals surface area contributed by atoms with Crippen LogP contribution in [0, 0.1) is 17.3 Å². The van der Waals surface area contributed by atoms with Crippen molar-refractivity contribution in [2.45, 2.75) is 65.3 Å². The van der Waals surface area contributed by atoms with E-state index in [1.165, 1.54) is 0 Å². The topological polar surface area (TPSA) is 225 Å². The van der Waals surface area contributed by atoms with E-state index in [0.29, 0.717) is 12.8 Å². The molecule has 0 aliphatic heterocycles. The van der Waals surface area contributed by atoms with Crippen molar-refractivity contribution in [1.29, 1.82) is 0 Å². The molecule has 0 rings (SSSR count). The summed E-state index contributed by atoms with van der Waals surface area (Å²) in [7, 11) is 0. The first-order chi connectivity index (χ1) is 16.1. The van der Waals surface area contributed by atoms with E-state index in [9.17, 15) is 39.0 Å². The largest absolute Gasteiger partial charge is 0.481 e. The Balaban J connectivity index is 4.88. The molecular weight excluding hydrogens is 466 g/mol. The minimum absolute atomic E-state index is 0.0155. The molecule has 0 bridgehead atoms. The minimum atomic E-state index is -1.35. The number of amides is 2. The summed E-state index contributed by atoms with van der Waals surface area (Å²) in [5, 5.41) is 39.5. The Bertz CT molecular complexity index is 767. The number of primary amides is 1. The third kappa shape index (κ3) is 12.2. The van der Waals surface area contributed by atoms with Gasteiger partial charge in [-0.2, -0.15) is 0 Å². The lowest BCUT2D eigenvalue weighted by atomic mass is 9.78. The minimum Gasteiger partial charge on any atom is -0.481 e. The Morgan fingerprint density at radius 2 is 1.43 bits per heavy atom. The molecule has 13 nitrogen and oxygen atoms in total. The summed E-state index contributed by atoms with van der Waals surface area (Å²) in [5.74, 6) is -7.75. The van der Waals surface area contributed by atoms with Gasteiger partial charge >= 0.3 is 23.9 Å². The molecule has 3 unspecified atom stereocenters. The van der Waals surface area contributed by atoms with Crippen molar-refractivity contribution < 1.29 is 49.2 Å². The average molecular weight is 504 g/mol. The van der Waals surface area contributed by atoms with E-state index in [4.69, 9.17) is 15.9 Å². The maximum absolute atomic E-state index is 12.6. The van der Waals surface area contributed by atoms with E-state index >= 15 is 0 Å². The average Bonchev–Trinajstić information content (AvgIpc) is 2.71. The molecule has 0 aromatic heterocycles. The second-order valence-electron chi connectivity index (χ2n) is 9.16. The van der Waals surface area contributed by atoms with Gasteiger partial charge in [-0.05, 0) is 38.5 Å². The number of aliphatic carboxylic acids is 4. The number of hydrogen-bond donors (Lipinski definition) is 6. The maximum Gasteiger partial charge on any atom is 0.320 e. The third-order valence-electron chi connectivity index (χ3n) is 5.78. The molecule has 0 aromatic rings. The van der Waals surface area contributed by atoms with Crippen molar-refractivity contribution in [2.75, 3.05) is 19.6 Å². The molecule has 0 aliphatic carbocycles. The molecule has 35 heavy (non-hydrogen) atoms. The van der Waals surface area contributed by atoms with Gasteiger partial charge in [-0.1, -0.05) is 20.8 Å². The van der Waals surface area contributed by atoms with E-state index in [0.717, 1.165) is 4.90 Å². The Kier molecular flexibility index (Phi) is 13.5. The molecule has 0 aliphatic rings. The van der Waals surface area contributed by atoms with Gasteiger partial charge < -0.3 is 31.5 Å². The smallest absolute Gasteiger partial charge is 0.320 e. The lowest BCUT2D eigenvalue weighted by Gasteiger charge is -2.28. The van der Waals surface area contributed by atoms with Gasteiger partial charge in [0.15, 0.2) is 0 Å². The lowest BCUT2D eigenvalue weighted by molar-refractivity contribution is -0.150. The first-order valence-corrected chi connectivity index (χ1v) is 11.3. The van der Waals surface area contributed by atoms with Crippen LogP contribution >= 0.6 is 0 Å². The Morgan fingerprint density at radius 3 is 1.83 bits per heavy atom. The van der Waals surface area contributed by atoms with Gasteiger partial charge in [0.05, 0.1) is 19.0 Å². The maximum atomic E-state index is 12.6. The van der Waals surface area contributed by atoms with Crippen molar-refractivity contribution in [1.82, 2.24) is 10.2 Å². The fourth-order valence-electron chi connectivity index (χ4n) is 3.80. The molecule has 0 heterocycles. The first-order valence-electron chi connectivity index (χ1n) is 11.3. The lowest BCUT2D eigenvalue weighted by Crippen LogP contribution is -2.46. The number of nitrogens with two attached hydrogens (primary N) is 1. The predicted molar refractivity (Wildman–Crippen MR) is 122 cm³/mol. The van der Waals surface area contributed by atoms with Gasteiger partial charge in [-0.15, -0.1) is 0 Å². The fourth-order valence-corrected chi connectivity index (χ4v) is 3.80. The highest BCUT2D eigenvalue weighted by atomic mass is 16.4. The molecule has 7 N–H and O–H groups in total. The summed E-state index contributed by atoms with van der Waals surface area (Å²) in [4.78, 5) is 70.1. The van der Waals surface area contributed by atoms with Gasteiger partial charge in [0.1, 0.15) is 6.04 Å². The van der Waals surface area contributed by atoms with Crippen molar-refractivity contribution >= 4 is 35.7 Å². The van der Waals surface area contributed by atoms with E-state index in [1.807, 2.05) is 0 Å². The van der Waals surface area contributed by atoms with E-state index < -0.39 is 72.1 Å². The monoisotopic (exact) mass is 503 g/mol. The predicted octanol–water partition coefficient (Wildman–Crippen LogP) is 0.216. The summed E-state index contributed by atoms with van der Waals surface area (Å²) in [6.45, 7) is 3.56. The number of carboxylic acids is 4. The number of rotatable bonds is 19. The molecule has 0 fully saturated rings. The fraction of sp³-hybridized carbons (Fsp3) is 0.727. The van der Waals surface area contributed by atoms with Crippen LogP contribution < -0.4 is 11.1 Å². The van der Waals surface area contributed by atoms with Crippen LogP contribution in [0.5, 0.6) is 0 Å². The molecule has 0 aromatic carbocycles. The van der Waals surface area contributed by atoms with Crippen LogP contribution in [0.4, 0.5) is 0 Å². The summed E-state index contributed by atoms with van der Waals surface area (Å²) in [6, 6.07) is -1.32. The Morgan fingerprint density at radius 1 is 0.886 bits per heavy atom. The molecule has 200 valence electrons. The standard InChI is InChI=1S/C22H37N3O10/c1-4-13(18(23)30)9-14(19(31)32)10-22(2,3)21(35)24-8-6-5-7-15(20(33)34)25(11-16(26)27)12-17(28)29/h13-15H,4-12H2,1-3H3,(H2,23,30)(H,24,35)(H,26,27)(H,28,29)(H,31,32)(H,33,34). The highest BCUT2D eigenvalue weighted by Crippen LogP contribution is 2.30. The van der Waals surface area contributed by atoms with Gasteiger partial charge in [-0.25, -0.2) is 0 Å². The van der Waals surface area contributed by atoms with E-state index in [1.54, 1.807) is 20.8 Å². The van der Waals surface area contributed by atoms with Crippen LogP contribution in [0.25, 0.3) is 0 Å². The zero-order chi connectivity index (χ0) is 27.3. The summed E-state index contributed by atoms with van der Waals surface area (Å²) in [5.41, 5.74) is 4.24. The van der Waals surface area contributed by atoms with Crippen LogP contribution in [-0.2, 0) is 28.8 Å². The van der Waals surface area contributed by atoms with Crippen LogP contribution in [0.15, 0.2) is 0 Å². The summed E-state index contributed by atoms with van der Waals surface area (Å²) in [6.07, 6.45) is 0.973. The van der Waals surface area contributed by atoms with Crippen molar-refractivity contribution in [2.24, 2.45) is 23.0 Å². The van der Waals surface area contributed by atoms with Crippen LogP contribution in [-0.4, -0.2) is 86.7 Å². The van der Waals surface area contributed by atoms with Gasteiger partial charge in [0, 0.05) is 17.9 Å². The molecule has 2 amide bonds. The number of nitrogens with one attached hydrogen (secondary N) is 1. The molecule has 0 spiro atoms. The SMILES string of the molecule is CCC(CC(CC(C)(C)C(=O)NCCCCC(C(=O)O)N(CC(=O)O)CC(=O)O)C(=O)O)C(N)=O. The van der Waals surface area contributed by atoms with Crippen LogP contribution in [0.1, 0.15) is 59.3 Å². The molecule has 3 atom stereocenters. The Hall–Kier alpha value is -3.22. The normalized spacial score (nSPS) is 14.1. The van der Waals surface area contributed by atoms with Gasteiger partial charge in [0.25, 0.3) is 0 Å². The van der Waals surface area contributed by atoms with Crippen molar-refractivity contribution in [3.8, 4) is 0 Å². The molecule has 0 radical (unpaired) electrons. The molecule has 0 saturated heterocycles. The summed E-state index contributed by atoms with van der Waals surface area (Å²) < 4.78 is 0. The first kappa shape index (κ1) is 31.8. The Labute approximate surface area is 203 Å². The second kappa shape index (κ2) is 14.9. The number of carbonyl (C=O) groups excluding carboxylic acids is 2. The van der Waals surface area contributed by atoms with Crippen molar-refractivity contribution in [3.63, 3.8) is 0 Å². The summed E-state index contributed by atoms with van der Waals surface area (Å²) >= 11 is 0. The zero-order valence-corrected chi connectivity index (χ0v) is 20.4. The van der Waals surface area contributed by atoms with Crippen molar-refractivity contribution in [3.05, 3.63) is 0 Å². The van der Waals surface area contributed by atoms with Crippen LogP contribution in [0.2, 0.25) is 0 Å². The molecule has 13 heteroatoms. The highest BCUT2D eigenvalue weighted by Gasteiger charge is 2.35. The quantitative estimate of drug-likeness (QED) is 0.131. The number of carboxylic acid groups (broad SMARTS) is 4.